The number of para-hydroxylation sites is 1. The van der Waals surface area contributed by atoms with Crippen molar-refractivity contribution < 1.29 is 19.1 Å². The molecule has 1 amide bonds. The van der Waals surface area contributed by atoms with Gasteiger partial charge in [0, 0.05) is 18.7 Å². The van der Waals surface area contributed by atoms with Crippen molar-refractivity contribution in [1.29, 1.82) is 0 Å². The molecule has 0 aliphatic carbocycles. The molecule has 1 aliphatic rings. The van der Waals surface area contributed by atoms with E-state index < -0.39 is 18.2 Å². The molecule has 2 heterocycles. The highest BCUT2D eigenvalue weighted by molar-refractivity contribution is 6.14. The number of esters is 1. The average Bonchev–Trinajstić information content (AvgIpc) is 3.11. The second-order valence-corrected chi connectivity index (χ2v) is 4.83. The van der Waals surface area contributed by atoms with Crippen LogP contribution < -0.4 is 5.32 Å². The van der Waals surface area contributed by atoms with Gasteiger partial charge in [-0.05, 0) is 19.1 Å². The molecule has 0 saturated carbocycles. The number of aromatic nitrogens is 3. The third-order valence-corrected chi connectivity index (χ3v) is 3.28. The molecule has 0 spiro atoms. The molecular formula is C15H14N4O4. The molecule has 1 aromatic carbocycles. The second kappa shape index (κ2) is 5.91. The molecule has 8 nitrogen and oxygen atoms in total. The first-order valence-corrected chi connectivity index (χ1v) is 6.88. The van der Waals surface area contributed by atoms with Gasteiger partial charge >= 0.3 is 5.97 Å². The maximum Gasteiger partial charge on any atom is 0.336 e. The van der Waals surface area contributed by atoms with Crippen LogP contribution in [0.4, 0.5) is 0 Å². The fourth-order valence-electron chi connectivity index (χ4n) is 2.08. The Morgan fingerprint density at radius 3 is 2.91 bits per heavy atom. The SMILES string of the molecule is CNC(=O)/C(=C/OC1C=C(C)C(=O)O1)n1nnc2ccccc21. The topological polar surface area (TPSA) is 95.3 Å². The summed E-state index contributed by atoms with van der Waals surface area (Å²) >= 11 is 0. The number of benzene rings is 1. The predicted octanol–water partition coefficient (Wildman–Crippen LogP) is 0.821. The summed E-state index contributed by atoms with van der Waals surface area (Å²) in [5.41, 5.74) is 1.87. The van der Waals surface area contributed by atoms with Gasteiger partial charge in [-0.2, -0.15) is 0 Å². The molecule has 8 heteroatoms. The van der Waals surface area contributed by atoms with Crippen molar-refractivity contribution in [3.8, 4) is 0 Å². The smallest absolute Gasteiger partial charge is 0.336 e. The number of cyclic esters (lactones) is 1. The first-order chi connectivity index (χ1) is 11.1. The van der Waals surface area contributed by atoms with Crippen molar-refractivity contribution in [2.24, 2.45) is 0 Å². The Kier molecular flexibility index (Phi) is 3.80. The molecule has 23 heavy (non-hydrogen) atoms. The molecule has 3 rings (SSSR count). The van der Waals surface area contributed by atoms with Gasteiger partial charge in [-0.15, -0.1) is 5.10 Å². The number of nitrogens with zero attached hydrogens (tertiary/aromatic N) is 3. The molecule has 0 bridgehead atoms. The van der Waals surface area contributed by atoms with E-state index in [0.29, 0.717) is 16.6 Å². The number of nitrogens with one attached hydrogen (secondary N) is 1. The van der Waals surface area contributed by atoms with Gasteiger partial charge < -0.3 is 14.8 Å². The lowest BCUT2D eigenvalue weighted by Crippen LogP contribution is -2.24. The molecule has 0 fully saturated rings. The van der Waals surface area contributed by atoms with Crippen LogP contribution in [0.5, 0.6) is 0 Å². The highest BCUT2D eigenvalue weighted by atomic mass is 16.7. The van der Waals surface area contributed by atoms with E-state index in [1.54, 1.807) is 19.1 Å². The number of rotatable bonds is 4. The zero-order valence-corrected chi connectivity index (χ0v) is 12.5. The lowest BCUT2D eigenvalue weighted by molar-refractivity contribution is -0.152. The van der Waals surface area contributed by atoms with Crippen molar-refractivity contribution >= 4 is 28.6 Å². The summed E-state index contributed by atoms with van der Waals surface area (Å²) in [6.07, 6.45) is 1.86. The molecule has 1 N–H and O–H groups in total. The van der Waals surface area contributed by atoms with Crippen LogP contribution in [-0.2, 0) is 19.1 Å². The van der Waals surface area contributed by atoms with E-state index in [1.165, 1.54) is 24.1 Å². The number of ether oxygens (including phenoxy) is 2. The Hall–Kier alpha value is -3.16. The van der Waals surface area contributed by atoms with Crippen molar-refractivity contribution in [3.05, 3.63) is 42.2 Å². The summed E-state index contributed by atoms with van der Waals surface area (Å²) in [5.74, 6) is -0.859. The lowest BCUT2D eigenvalue weighted by atomic mass is 10.3. The molecule has 118 valence electrons. The van der Waals surface area contributed by atoms with Crippen LogP contribution in [0.2, 0.25) is 0 Å². The van der Waals surface area contributed by atoms with E-state index in [-0.39, 0.29) is 5.70 Å². The largest absolute Gasteiger partial charge is 0.456 e. The fourth-order valence-corrected chi connectivity index (χ4v) is 2.08. The molecule has 1 atom stereocenters. The Labute approximate surface area is 131 Å². The van der Waals surface area contributed by atoms with E-state index in [1.807, 2.05) is 12.1 Å². The van der Waals surface area contributed by atoms with Crippen molar-refractivity contribution in [2.45, 2.75) is 13.2 Å². The highest BCUT2D eigenvalue weighted by Gasteiger charge is 2.23. The lowest BCUT2D eigenvalue weighted by Gasteiger charge is -2.10. The van der Waals surface area contributed by atoms with Gasteiger partial charge in [0.2, 0.25) is 0 Å². The minimum Gasteiger partial charge on any atom is -0.456 e. The minimum atomic E-state index is -0.864. The van der Waals surface area contributed by atoms with Crippen LogP contribution in [-0.4, -0.2) is 40.2 Å². The summed E-state index contributed by atoms with van der Waals surface area (Å²) in [4.78, 5) is 23.4. The quantitative estimate of drug-likeness (QED) is 0.510. The predicted molar refractivity (Wildman–Crippen MR) is 80.6 cm³/mol. The monoisotopic (exact) mass is 314 g/mol. The average molecular weight is 314 g/mol. The second-order valence-electron chi connectivity index (χ2n) is 4.83. The first-order valence-electron chi connectivity index (χ1n) is 6.88. The number of likely N-dealkylation sites (N-methyl/N-ethyl adjacent to an activating group) is 1. The summed E-state index contributed by atoms with van der Waals surface area (Å²) in [6, 6.07) is 7.21. The molecule has 1 aromatic heterocycles. The van der Waals surface area contributed by atoms with Gasteiger partial charge in [0.05, 0.1) is 5.52 Å². The van der Waals surface area contributed by atoms with Crippen LogP contribution in [0.1, 0.15) is 6.92 Å². The fraction of sp³-hybridized carbons (Fsp3) is 0.200. The first kappa shape index (κ1) is 14.8. The van der Waals surface area contributed by atoms with Gasteiger partial charge in [-0.3, -0.25) is 4.79 Å². The zero-order valence-electron chi connectivity index (χ0n) is 12.5. The molecular weight excluding hydrogens is 300 g/mol. The van der Waals surface area contributed by atoms with Gasteiger partial charge in [0.15, 0.2) is 5.70 Å². The van der Waals surface area contributed by atoms with E-state index >= 15 is 0 Å². The highest BCUT2D eigenvalue weighted by Crippen LogP contribution is 2.18. The molecule has 0 radical (unpaired) electrons. The Morgan fingerprint density at radius 1 is 1.43 bits per heavy atom. The normalized spacial score (nSPS) is 17.8. The summed E-state index contributed by atoms with van der Waals surface area (Å²) < 4.78 is 11.7. The molecule has 2 aromatic rings. The maximum absolute atomic E-state index is 12.1. The maximum atomic E-state index is 12.1. The summed E-state index contributed by atoms with van der Waals surface area (Å²) in [5, 5.41) is 10.5. The number of hydrogen-bond acceptors (Lipinski definition) is 6. The Bertz CT molecular complexity index is 837. The van der Waals surface area contributed by atoms with Crippen molar-refractivity contribution in [3.63, 3.8) is 0 Å². The zero-order chi connectivity index (χ0) is 16.4. The minimum absolute atomic E-state index is 0.121. The van der Waals surface area contributed by atoms with Gasteiger partial charge in [0.25, 0.3) is 12.2 Å². The van der Waals surface area contributed by atoms with E-state index in [9.17, 15) is 9.59 Å². The van der Waals surface area contributed by atoms with Gasteiger partial charge in [-0.1, -0.05) is 17.3 Å². The Balaban J connectivity index is 1.94. The van der Waals surface area contributed by atoms with E-state index in [4.69, 9.17) is 9.47 Å². The number of carbonyl (C=O) groups excluding carboxylic acids is 2. The third-order valence-electron chi connectivity index (χ3n) is 3.28. The third kappa shape index (κ3) is 2.78. The number of carbonyl (C=O) groups is 2. The van der Waals surface area contributed by atoms with Crippen molar-refractivity contribution in [2.75, 3.05) is 7.05 Å². The standard InChI is InChI=1S/C15H14N4O4/c1-9-7-13(23-15(9)21)22-8-12(14(20)16-2)19-11-6-4-3-5-10(11)17-18-19/h3-8,13H,1-2H3,(H,16,20)/b12-8-. The van der Waals surface area contributed by atoms with E-state index in [2.05, 4.69) is 15.6 Å². The van der Waals surface area contributed by atoms with Gasteiger partial charge in [0.1, 0.15) is 11.8 Å². The van der Waals surface area contributed by atoms with Crippen LogP contribution in [0.25, 0.3) is 16.7 Å². The Morgan fingerprint density at radius 2 is 2.22 bits per heavy atom. The van der Waals surface area contributed by atoms with Crippen LogP contribution in [0, 0.1) is 0 Å². The van der Waals surface area contributed by atoms with Crippen LogP contribution >= 0.6 is 0 Å². The molecule has 1 unspecified atom stereocenters. The number of amides is 1. The van der Waals surface area contributed by atoms with E-state index in [0.717, 1.165) is 0 Å². The number of hydrogen-bond donors (Lipinski definition) is 1. The van der Waals surface area contributed by atoms with Crippen LogP contribution in [0.3, 0.4) is 0 Å². The molecule has 1 aliphatic heterocycles. The van der Waals surface area contributed by atoms with Gasteiger partial charge in [-0.25, -0.2) is 9.48 Å². The number of fused-ring (bicyclic) bond motifs is 1. The van der Waals surface area contributed by atoms with Crippen molar-refractivity contribution in [1.82, 2.24) is 20.3 Å². The van der Waals surface area contributed by atoms with Crippen LogP contribution in [0.15, 0.2) is 42.2 Å². The summed E-state index contributed by atoms with van der Waals surface area (Å²) in [6.45, 7) is 1.62. The molecule has 0 saturated heterocycles. The summed E-state index contributed by atoms with van der Waals surface area (Å²) in [7, 11) is 1.49.